The number of aromatic nitrogens is 2. The van der Waals surface area contributed by atoms with Crippen molar-refractivity contribution in [3.05, 3.63) is 15.1 Å². The lowest BCUT2D eigenvalue weighted by Crippen LogP contribution is -2.28. The van der Waals surface area contributed by atoms with Gasteiger partial charge in [-0.25, -0.2) is 9.79 Å². The molecule has 0 amide bonds. The number of aliphatic imine (C=N–C) groups is 1. The maximum atomic E-state index is 11.9. The number of anilines is 1. The Labute approximate surface area is 111 Å². The standard InChI is InChI=1S/C12H18N4OS/c1-4-13-10-9(14-7-8-5-6-8)11(18)16(3)12(17)15(10)2/h4,8,14H,5-7H2,1-3H3. The van der Waals surface area contributed by atoms with Crippen LogP contribution in [0.2, 0.25) is 0 Å². The molecule has 1 saturated carbocycles. The molecule has 0 radical (unpaired) electrons. The van der Waals surface area contributed by atoms with E-state index < -0.39 is 0 Å². The summed E-state index contributed by atoms with van der Waals surface area (Å²) in [7, 11) is 3.40. The predicted molar refractivity (Wildman–Crippen MR) is 76.5 cm³/mol. The van der Waals surface area contributed by atoms with Gasteiger partial charge in [0.05, 0.1) is 0 Å². The van der Waals surface area contributed by atoms with E-state index >= 15 is 0 Å². The van der Waals surface area contributed by atoms with Crippen molar-refractivity contribution in [1.82, 2.24) is 9.13 Å². The van der Waals surface area contributed by atoms with Crippen LogP contribution in [0.25, 0.3) is 0 Å². The molecule has 0 saturated heterocycles. The lowest BCUT2D eigenvalue weighted by atomic mass is 10.3. The SMILES string of the molecule is CC=Nc1c(NCC2CC2)c(=S)n(C)c(=O)n1C. The van der Waals surface area contributed by atoms with E-state index in [0.717, 1.165) is 18.2 Å². The maximum Gasteiger partial charge on any atom is 0.330 e. The predicted octanol–water partition coefficient (Wildman–Crippen LogP) is 2.00. The Hall–Kier alpha value is -1.43. The quantitative estimate of drug-likeness (QED) is 0.670. The van der Waals surface area contributed by atoms with Crippen LogP contribution in [0.5, 0.6) is 0 Å². The fourth-order valence-corrected chi connectivity index (χ4v) is 2.07. The van der Waals surface area contributed by atoms with Gasteiger partial charge >= 0.3 is 5.69 Å². The number of rotatable bonds is 4. The zero-order chi connectivity index (χ0) is 13.3. The number of hydrogen-bond acceptors (Lipinski definition) is 4. The van der Waals surface area contributed by atoms with Gasteiger partial charge in [-0.3, -0.25) is 9.13 Å². The van der Waals surface area contributed by atoms with Crippen molar-refractivity contribution in [1.29, 1.82) is 0 Å². The van der Waals surface area contributed by atoms with Gasteiger partial charge in [-0.05, 0) is 25.7 Å². The molecule has 1 aromatic heterocycles. The lowest BCUT2D eigenvalue weighted by Gasteiger charge is -2.14. The first-order valence-corrected chi connectivity index (χ1v) is 6.49. The van der Waals surface area contributed by atoms with Crippen molar-refractivity contribution in [2.75, 3.05) is 11.9 Å². The molecule has 1 fully saturated rings. The molecule has 18 heavy (non-hydrogen) atoms. The fourth-order valence-electron chi connectivity index (χ4n) is 1.83. The van der Waals surface area contributed by atoms with Gasteiger partial charge in [0.25, 0.3) is 0 Å². The van der Waals surface area contributed by atoms with Gasteiger partial charge < -0.3 is 5.32 Å². The summed E-state index contributed by atoms with van der Waals surface area (Å²) in [5, 5.41) is 3.34. The van der Waals surface area contributed by atoms with E-state index in [-0.39, 0.29) is 5.69 Å². The summed E-state index contributed by atoms with van der Waals surface area (Å²) in [5.74, 6) is 1.34. The van der Waals surface area contributed by atoms with Crippen molar-refractivity contribution < 1.29 is 0 Å². The summed E-state index contributed by atoms with van der Waals surface area (Å²) < 4.78 is 3.50. The van der Waals surface area contributed by atoms with Crippen LogP contribution in [-0.2, 0) is 14.1 Å². The smallest absolute Gasteiger partial charge is 0.330 e. The Balaban J connectivity index is 2.52. The van der Waals surface area contributed by atoms with Crippen LogP contribution in [0, 0.1) is 10.6 Å². The van der Waals surface area contributed by atoms with Gasteiger partial charge in [-0.2, -0.15) is 0 Å². The third kappa shape index (κ3) is 2.38. The summed E-state index contributed by atoms with van der Waals surface area (Å²) in [4.78, 5) is 16.2. The minimum atomic E-state index is -0.155. The third-order valence-electron chi connectivity index (χ3n) is 3.15. The molecule has 2 rings (SSSR count). The molecule has 98 valence electrons. The molecule has 0 unspecified atom stereocenters. The van der Waals surface area contributed by atoms with Gasteiger partial charge in [0.2, 0.25) is 0 Å². The molecule has 5 nitrogen and oxygen atoms in total. The summed E-state index contributed by atoms with van der Waals surface area (Å²) in [6.45, 7) is 2.72. The first-order valence-electron chi connectivity index (χ1n) is 6.08. The van der Waals surface area contributed by atoms with Crippen molar-refractivity contribution in [2.45, 2.75) is 19.8 Å². The summed E-state index contributed by atoms with van der Waals surface area (Å²) in [6, 6.07) is 0. The minimum Gasteiger partial charge on any atom is -0.379 e. The molecule has 1 heterocycles. The number of nitrogens with zero attached hydrogens (tertiary/aromatic N) is 3. The summed E-state index contributed by atoms with van der Waals surface area (Å²) in [6.07, 6.45) is 4.21. The normalized spacial score (nSPS) is 15.3. The fraction of sp³-hybridized carbons (Fsp3) is 0.583. The van der Waals surface area contributed by atoms with Crippen LogP contribution in [-0.4, -0.2) is 21.9 Å². The Morgan fingerprint density at radius 1 is 1.44 bits per heavy atom. The first kappa shape index (κ1) is 13.0. The molecular weight excluding hydrogens is 248 g/mol. The zero-order valence-electron chi connectivity index (χ0n) is 10.9. The molecule has 1 aromatic rings. The topological polar surface area (TPSA) is 51.3 Å². The molecule has 0 aromatic carbocycles. The molecule has 6 heteroatoms. The average Bonchev–Trinajstić information content (AvgIpc) is 3.17. The van der Waals surface area contributed by atoms with Gasteiger partial charge in [0.15, 0.2) is 5.82 Å². The maximum absolute atomic E-state index is 11.9. The van der Waals surface area contributed by atoms with E-state index in [4.69, 9.17) is 12.2 Å². The Morgan fingerprint density at radius 3 is 2.67 bits per heavy atom. The Morgan fingerprint density at radius 2 is 2.11 bits per heavy atom. The zero-order valence-corrected chi connectivity index (χ0v) is 11.8. The molecular formula is C12H18N4OS. The van der Waals surface area contributed by atoms with Crippen LogP contribution in [0.1, 0.15) is 19.8 Å². The summed E-state index contributed by atoms with van der Waals surface area (Å²) >= 11 is 5.33. The highest BCUT2D eigenvalue weighted by Gasteiger charge is 2.22. The number of hydrogen-bond donors (Lipinski definition) is 1. The van der Waals surface area contributed by atoms with E-state index in [1.807, 2.05) is 6.92 Å². The van der Waals surface area contributed by atoms with Crippen molar-refractivity contribution in [3.8, 4) is 0 Å². The number of nitrogens with one attached hydrogen (secondary N) is 1. The van der Waals surface area contributed by atoms with Gasteiger partial charge in [-0.1, -0.05) is 12.2 Å². The largest absolute Gasteiger partial charge is 0.379 e. The monoisotopic (exact) mass is 266 g/mol. The molecule has 0 spiro atoms. The minimum absolute atomic E-state index is 0.155. The highest BCUT2D eigenvalue weighted by Crippen LogP contribution is 2.31. The van der Waals surface area contributed by atoms with E-state index in [9.17, 15) is 4.79 Å². The van der Waals surface area contributed by atoms with E-state index in [1.165, 1.54) is 22.0 Å². The van der Waals surface area contributed by atoms with E-state index in [1.54, 1.807) is 20.3 Å². The lowest BCUT2D eigenvalue weighted by molar-refractivity contribution is 0.702. The molecule has 0 bridgehead atoms. The van der Waals surface area contributed by atoms with Crippen LogP contribution < -0.4 is 11.0 Å². The second kappa shape index (κ2) is 5.06. The highest BCUT2D eigenvalue weighted by atomic mass is 32.1. The second-order valence-corrected chi connectivity index (χ2v) is 5.00. The van der Waals surface area contributed by atoms with Crippen LogP contribution in [0.3, 0.4) is 0 Å². The highest BCUT2D eigenvalue weighted by molar-refractivity contribution is 7.71. The average molecular weight is 266 g/mol. The van der Waals surface area contributed by atoms with Gasteiger partial charge in [0.1, 0.15) is 10.3 Å². The van der Waals surface area contributed by atoms with Crippen molar-refractivity contribution in [3.63, 3.8) is 0 Å². The van der Waals surface area contributed by atoms with Crippen molar-refractivity contribution >= 4 is 29.9 Å². The third-order valence-corrected chi connectivity index (χ3v) is 3.63. The Kier molecular flexibility index (Phi) is 3.65. The molecule has 0 atom stereocenters. The molecule has 1 aliphatic carbocycles. The van der Waals surface area contributed by atoms with Crippen LogP contribution in [0.15, 0.2) is 9.79 Å². The second-order valence-electron chi connectivity index (χ2n) is 4.62. The first-order chi connectivity index (χ1) is 8.56. The van der Waals surface area contributed by atoms with Crippen LogP contribution >= 0.6 is 12.2 Å². The molecule has 1 aliphatic rings. The molecule has 0 aliphatic heterocycles. The van der Waals surface area contributed by atoms with E-state index in [2.05, 4.69) is 10.3 Å². The van der Waals surface area contributed by atoms with Crippen molar-refractivity contribution in [2.24, 2.45) is 25.0 Å². The Bertz CT molecular complexity index is 595. The molecule has 1 N–H and O–H groups in total. The van der Waals surface area contributed by atoms with Gasteiger partial charge in [-0.15, -0.1) is 0 Å². The van der Waals surface area contributed by atoms with Gasteiger partial charge in [0, 0.05) is 26.9 Å². The summed E-state index contributed by atoms with van der Waals surface area (Å²) in [5.41, 5.74) is 0.622. The van der Waals surface area contributed by atoms with E-state index in [0.29, 0.717) is 10.5 Å². The van der Waals surface area contributed by atoms with Crippen LogP contribution in [0.4, 0.5) is 11.5 Å².